The highest BCUT2D eigenvalue weighted by Crippen LogP contribution is 2.19. The third-order valence-corrected chi connectivity index (χ3v) is 3.27. The minimum absolute atomic E-state index is 0.287. The van der Waals surface area contributed by atoms with Gasteiger partial charge in [0.15, 0.2) is 0 Å². The van der Waals surface area contributed by atoms with Crippen LogP contribution in [0.4, 0.5) is 10.1 Å². The number of hydrogen-bond donors (Lipinski definition) is 2. The molecule has 0 heterocycles. The second kappa shape index (κ2) is 5.95. The Morgan fingerprint density at radius 2 is 1.89 bits per heavy atom. The molecule has 2 aromatic carbocycles. The van der Waals surface area contributed by atoms with Crippen LogP contribution in [0, 0.1) is 5.82 Å². The molecule has 0 bridgehead atoms. The molecular formula is C14H12BrFN2O. The van der Waals surface area contributed by atoms with Gasteiger partial charge in [-0.25, -0.2) is 4.39 Å². The summed E-state index contributed by atoms with van der Waals surface area (Å²) in [6, 6.07) is 11.4. The number of hydrogen-bond acceptors (Lipinski definition) is 2. The molecule has 2 rings (SSSR count). The minimum Gasteiger partial charge on any atom is -0.326 e. The number of halogens is 2. The molecule has 0 aliphatic heterocycles. The molecule has 19 heavy (non-hydrogen) atoms. The average Bonchev–Trinajstić information content (AvgIpc) is 2.43. The van der Waals surface area contributed by atoms with Gasteiger partial charge in [-0.1, -0.05) is 12.1 Å². The van der Waals surface area contributed by atoms with Crippen molar-refractivity contribution >= 4 is 27.5 Å². The molecule has 0 spiro atoms. The Kier molecular flexibility index (Phi) is 4.29. The molecule has 98 valence electrons. The molecule has 0 unspecified atom stereocenters. The molecule has 2 aromatic rings. The smallest absolute Gasteiger partial charge is 0.255 e. The van der Waals surface area contributed by atoms with Gasteiger partial charge >= 0.3 is 0 Å². The van der Waals surface area contributed by atoms with E-state index in [1.807, 2.05) is 0 Å². The maximum Gasteiger partial charge on any atom is 0.255 e. The second-order valence-electron chi connectivity index (χ2n) is 3.98. The number of rotatable bonds is 3. The molecule has 5 heteroatoms. The van der Waals surface area contributed by atoms with Crippen molar-refractivity contribution in [2.24, 2.45) is 5.73 Å². The van der Waals surface area contributed by atoms with Gasteiger partial charge in [0.25, 0.3) is 5.91 Å². The van der Waals surface area contributed by atoms with E-state index < -0.39 is 5.82 Å². The summed E-state index contributed by atoms with van der Waals surface area (Å²) >= 11 is 3.06. The van der Waals surface area contributed by atoms with Crippen molar-refractivity contribution in [2.75, 3.05) is 5.32 Å². The first-order chi connectivity index (χ1) is 9.10. The lowest BCUT2D eigenvalue weighted by Crippen LogP contribution is -2.12. The Balaban J connectivity index is 2.13. The fraction of sp³-hybridized carbons (Fsp3) is 0.0714. The first-order valence-electron chi connectivity index (χ1n) is 5.65. The first kappa shape index (κ1) is 13.7. The quantitative estimate of drug-likeness (QED) is 0.911. The lowest BCUT2D eigenvalue weighted by atomic mass is 10.1. The van der Waals surface area contributed by atoms with Crippen LogP contribution in [0.3, 0.4) is 0 Å². The summed E-state index contributed by atoms with van der Waals surface area (Å²) in [5, 5.41) is 2.63. The van der Waals surface area contributed by atoms with Gasteiger partial charge in [-0.05, 0) is 51.8 Å². The number of carbonyl (C=O) groups excluding carboxylic acids is 1. The standard InChI is InChI=1S/C14H12BrFN2O/c15-12-6-5-11(7-13(12)16)18-14(19)10-3-1-9(8-17)2-4-10/h1-7H,8,17H2,(H,18,19). The van der Waals surface area contributed by atoms with Gasteiger partial charge < -0.3 is 11.1 Å². The van der Waals surface area contributed by atoms with Gasteiger partial charge in [-0.3, -0.25) is 4.79 Å². The maximum absolute atomic E-state index is 13.3. The Hall–Kier alpha value is -1.72. The van der Waals surface area contributed by atoms with Crippen molar-refractivity contribution in [3.63, 3.8) is 0 Å². The monoisotopic (exact) mass is 322 g/mol. The number of anilines is 1. The average molecular weight is 323 g/mol. The summed E-state index contributed by atoms with van der Waals surface area (Å²) < 4.78 is 13.7. The van der Waals surface area contributed by atoms with E-state index in [0.29, 0.717) is 22.3 Å². The number of carbonyl (C=O) groups is 1. The molecule has 0 aromatic heterocycles. The number of nitrogens with one attached hydrogen (secondary N) is 1. The van der Waals surface area contributed by atoms with Crippen LogP contribution in [0.5, 0.6) is 0 Å². The summed E-state index contributed by atoms with van der Waals surface area (Å²) in [4.78, 5) is 11.9. The summed E-state index contributed by atoms with van der Waals surface area (Å²) in [7, 11) is 0. The van der Waals surface area contributed by atoms with Crippen LogP contribution < -0.4 is 11.1 Å². The van der Waals surface area contributed by atoms with Gasteiger partial charge in [0.05, 0.1) is 4.47 Å². The third kappa shape index (κ3) is 3.39. The molecule has 0 radical (unpaired) electrons. The van der Waals surface area contributed by atoms with E-state index >= 15 is 0 Å². The molecule has 0 fully saturated rings. The summed E-state index contributed by atoms with van der Waals surface area (Å²) in [5.41, 5.74) is 7.35. The van der Waals surface area contributed by atoms with Gasteiger partial charge in [-0.15, -0.1) is 0 Å². The van der Waals surface area contributed by atoms with E-state index in [-0.39, 0.29) is 5.91 Å². The molecular weight excluding hydrogens is 311 g/mol. The molecule has 3 N–H and O–H groups in total. The van der Waals surface area contributed by atoms with Crippen molar-refractivity contribution in [3.8, 4) is 0 Å². The van der Waals surface area contributed by atoms with Crippen molar-refractivity contribution in [2.45, 2.75) is 6.54 Å². The minimum atomic E-state index is -0.420. The third-order valence-electron chi connectivity index (χ3n) is 2.63. The van der Waals surface area contributed by atoms with Gasteiger partial charge in [-0.2, -0.15) is 0 Å². The number of amides is 1. The van der Waals surface area contributed by atoms with Crippen LogP contribution in [0.25, 0.3) is 0 Å². The lowest BCUT2D eigenvalue weighted by molar-refractivity contribution is 0.102. The predicted octanol–water partition coefficient (Wildman–Crippen LogP) is 3.30. The zero-order chi connectivity index (χ0) is 13.8. The van der Waals surface area contributed by atoms with Crippen LogP contribution in [-0.4, -0.2) is 5.91 Å². The summed E-state index contributed by atoms with van der Waals surface area (Å²) in [6.45, 7) is 0.430. The predicted molar refractivity (Wildman–Crippen MR) is 76.4 cm³/mol. The fourth-order valence-corrected chi connectivity index (χ4v) is 1.82. The van der Waals surface area contributed by atoms with Crippen molar-refractivity contribution in [1.82, 2.24) is 0 Å². The highest BCUT2D eigenvalue weighted by molar-refractivity contribution is 9.10. The van der Waals surface area contributed by atoms with Gasteiger partial charge in [0, 0.05) is 17.8 Å². The molecule has 1 amide bonds. The maximum atomic E-state index is 13.3. The zero-order valence-electron chi connectivity index (χ0n) is 9.99. The molecule has 3 nitrogen and oxygen atoms in total. The van der Waals surface area contributed by atoms with E-state index in [2.05, 4.69) is 21.2 Å². The Labute approximate surface area is 118 Å². The normalized spacial score (nSPS) is 10.3. The highest BCUT2D eigenvalue weighted by atomic mass is 79.9. The number of benzene rings is 2. The molecule has 0 aliphatic rings. The van der Waals surface area contributed by atoms with Crippen LogP contribution in [0.1, 0.15) is 15.9 Å². The van der Waals surface area contributed by atoms with Crippen molar-refractivity contribution in [1.29, 1.82) is 0 Å². The van der Waals surface area contributed by atoms with E-state index in [4.69, 9.17) is 5.73 Å². The molecule has 0 aliphatic carbocycles. The Morgan fingerprint density at radius 3 is 2.47 bits per heavy atom. The van der Waals surface area contributed by atoms with Gasteiger partial charge in [0.1, 0.15) is 5.82 Å². The van der Waals surface area contributed by atoms with E-state index in [9.17, 15) is 9.18 Å². The fourth-order valence-electron chi connectivity index (χ4n) is 1.57. The van der Waals surface area contributed by atoms with Gasteiger partial charge in [0.2, 0.25) is 0 Å². The van der Waals surface area contributed by atoms with Crippen LogP contribution in [0.2, 0.25) is 0 Å². The Bertz CT molecular complexity index is 599. The SMILES string of the molecule is NCc1ccc(C(=O)Nc2ccc(Br)c(F)c2)cc1. The van der Waals surface area contributed by atoms with Crippen LogP contribution in [-0.2, 0) is 6.54 Å². The molecule has 0 saturated heterocycles. The van der Waals surface area contributed by atoms with Crippen LogP contribution in [0.15, 0.2) is 46.9 Å². The van der Waals surface area contributed by atoms with E-state index in [1.54, 1.807) is 36.4 Å². The Morgan fingerprint density at radius 1 is 1.21 bits per heavy atom. The first-order valence-corrected chi connectivity index (χ1v) is 6.45. The van der Waals surface area contributed by atoms with E-state index in [1.165, 1.54) is 6.07 Å². The van der Waals surface area contributed by atoms with E-state index in [0.717, 1.165) is 5.56 Å². The summed E-state index contributed by atoms with van der Waals surface area (Å²) in [5.74, 6) is -0.707. The highest BCUT2D eigenvalue weighted by Gasteiger charge is 2.07. The van der Waals surface area contributed by atoms with Crippen LogP contribution >= 0.6 is 15.9 Å². The van der Waals surface area contributed by atoms with Crippen molar-refractivity contribution < 1.29 is 9.18 Å². The lowest BCUT2D eigenvalue weighted by Gasteiger charge is -2.06. The number of nitrogens with two attached hydrogens (primary N) is 1. The largest absolute Gasteiger partial charge is 0.326 e. The molecule has 0 saturated carbocycles. The van der Waals surface area contributed by atoms with Crippen molar-refractivity contribution in [3.05, 3.63) is 63.9 Å². The molecule has 0 atom stereocenters. The second-order valence-corrected chi connectivity index (χ2v) is 4.84. The zero-order valence-corrected chi connectivity index (χ0v) is 11.6. The topological polar surface area (TPSA) is 55.1 Å². The summed E-state index contributed by atoms with van der Waals surface area (Å²) in [6.07, 6.45) is 0.